The highest BCUT2D eigenvalue weighted by Gasteiger charge is 2.26. The Labute approximate surface area is 179 Å². The minimum absolute atomic E-state index is 0.160. The maximum absolute atomic E-state index is 12.6. The molecule has 2 heterocycles. The van der Waals surface area contributed by atoms with Gasteiger partial charge in [-0.05, 0) is 49.7 Å². The van der Waals surface area contributed by atoms with Crippen LogP contribution in [0.25, 0.3) is 11.0 Å². The normalized spacial score (nSPS) is 13.7. The van der Waals surface area contributed by atoms with Gasteiger partial charge < -0.3 is 18.8 Å². The number of fused-ring (bicyclic) bond motifs is 1. The van der Waals surface area contributed by atoms with Crippen LogP contribution in [-0.4, -0.2) is 51.1 Å². The van der Waals surface area contributed by atoms with Crippen LogP contribution in [0.3, 0.4) is 0 Å². The topological polar surface area (TPSA) is 103 Å². The number of furan rings is 1. The molecule has 0 spiro atoms. The number of carbonyl (C=O) groups excluding carboxylic acids is 2. The molecule has 0 unspecified atom stereocenters. The van der Waals surface area contributed by atoms with Gasteiger partial charge >= 0.3 is 5.97 Å². The van der Waals surface area contributed by atoms with E-state index in [9.17, 15) is 18.0 Å². The molecule has 1 aliphatic heterocycles. The van der Waals surface area contributed by atoms with Crippen LogP contribution in [0.1, 0.15) is 34.3 Å². The fourth-order valence-electron chi connectivity index (χ4n) is 3.19. The van der Waals surface area contributed by atoms with E-state index in [1.165, 1.54) is 36.4 Å². The molecule has 0 bridgehead atoms. The van der Waals surface area contributed by atoms with Gasteiger partial charge in [0.25, 0.3) is 5.91 Å². The molecule has 2 aromatic carbocycles. The van der Waals surface area contributed by atoms with Crippen molar-refractivity contribution in [2.75, 3.05) is 26.0 Å². The van der Waals surface area contributed by atoms with Gasteiger partial charge in [-0.2, -0.15) is 0 Å². The van der Waals surface area contributed by atoms with Gasteiger partial charge in [-0.25, -0.2) is 13.2 Å². The average molecular weight is 443 g/mol. The molecule has 0 aliphatic carbocycles. The Morgan fingerprint density at radius 1 is 1.10 bits per heavy atom. The van der Waals surface area contributed by atoms with E-state index in [0.29, 0.717) is 35.6 Å². The molecule has 9 heteroatoms. The lowest BCUT2D eigenvalue weighted by Gasteiger charge is -2.29. The Bertz CT molecular complexity index is 1260. The number of nitrogens with zero attached hydrogens (tertiary/aromatic N) is 1. The van der Waals surface area contributed by atoms with Crippen molar-refractivity contribution in [3.8, 4) is 11.5 Å². The van der Waals surface area contributed by atoms with Crippen LogP contribution in [0.5, 0.6) is 11.5 Å². The SMILES string of the molecule is CCOC(=O)c1cc(Oc2ccc(S(C)(=O)=O)cc2)c2cc(C(=O)N3CCC3)oc2c1. The van der Waals surface area contributed by atoms with Crippen molar-refractivity contribution in [1.29, 1.82) is 0 Å². The molecule has 0 atom stereocenters. The molecule has 1 aliphatic rings. The number of carbonyl (C=O) groups is 2. The van der Waals surface area contributed by atoms with E-state index in [4.69, 9.17) is 13.9 Å². The van der Waals surface area contributed by atoms with Crippen molar-refractivity contribution in [3.63, 3.8) is 0 Å². The zero-order valence-electron chi connectivity index (χ0n) is 17.1. The third-order valence-corrected chi connectivity index (χ3v) is 6.07. The van der Waals surface area contributed by atoms with Crippen molar-refractivity contribution in [2.45, 2.75) is 18.2 Å². The molecule has 1 fully saturated rings. The number of esters is 1. The van der Waals surface area contributed by atoms with Crippen molar-refractivity contribution >= 4 is 32.7 Å². The summed E-state index contributed by atoms with van der Waals surface area (Å²) in [6.07, 6.45) is 2.08. The summed E-state index contributed by atoms with van der Waals surface area (Å²) in [5.74, 6) is 0.0517. The molecule has 3 aromatic rings. The number of ether oxygens (including phenoxy) is 2. The zero-order valence-corrected chi connectivity index (χ0v) is 17.9. The first-order valence-electron chi connectivity index (χ1n) is 9.78. The molecule has 8 nitrogen and oxygen atoms in total. The first kappa shape index (κ1) is 20.9. The lowest BCUT2D eigenvalue weighted by Crippen LogP contribution is -2.41. The van der Waals surface area contributed by atoms with Crippen LogP contribution in [0, 0.1) is 0 Å². The Hall–Kier alpha value is -3.33. The molecular weight excluding hydrogens is 422 g/mol. The Kier molecular flexibility index (Phi) is 5.45. The van der Waals surface area contributed by atoms with Crippen LogP contribution in [0.4, 0.5) is 0 Å². The van der Waals surface area contributed by atoms with E-state index in [0.717, 1.165) is 12.7 Å². The lowest BCUT2D eigenvalue weighted by molar-refractivity contribution is 0.0525. The standard InChI is InChI=1S/C22H21NO7S/c1-3-28-22(25)14-11-18(29-15-5-7-16(8-6-15)31(2,26)27)17-13-20(30-19(17)12-14)21(24)23-9-4-10-23/h5-8,11-13H,3-4,9-10H2,1-2H3. The fourth-order valence-corrected chi connectivity index (χ4v) is 3.82. The van der Waals surface area contributed by atoms with Gasteiger partial charge in [0.05, 0.1) is 22.5 Å². The fraction of sp³-hybridized carbons (Fsp3) is 0.273. The van der Waals surface area contributed by atoms with Crippen molar-refractivity contribution in [2.24, 2.45) is 0 Å². The Morgan fingerprint density at radius 3 is 2.39 bits per heavy atom. The van der Waals surface area contributed by atoms with Crippen LogP contribution in [-0.2, 0) is 14.6 Å². The smallest absolute Gasteiger partial charge is 0.338 e. The molecule has 31 heavy (non-hydrogen) atoms. The number of hydrogen-bond donors (Lipinski definition) is 0. The molecule has 1 saturated heterocycles. The number of benzene rings is 2. The van der Waals surface area contributed by atoms with Crippen LogP contribution >= 0.6 is 0 Å². The van der Waals surface area contributed by atoms with E-state index in [1.807, 2.05) is 0 Å². The van der Waals surface area contributed by atoms with E-state index in [1.54, 1.807) is 17.9 Å². The molecule has 0 radical (unpaired) electrons. The molecule has 0 N–H and O–H groups in total. The van der Waals surface area contributed by atoms with Gasteiger partial charge in [0, 0.05) is 25.4 Å². The molecule has 4 rings (SSSR count). The largest absolute Gasteiger partial charge is 0.462 e. The highest BCUT2D eigenvalue weighted by molar-refractivity contribution is 7.90. The van der Waals surface area contributed by atoms with E-state index in [2.05, 4.69) is 0 Å². The third kappa shape index (κ3) is 4.27. The number of rotatable bonds is 6. The van der Waals surface area contributed by atoms with Crippen LogP contribution in [0.15, 0.2) is 51.8 Å². The second-order valence-electron chi connectivity index (χ2n) is 7.21. The van der Waals surface area contributed by atoms with Gasteiger partial charge in [-0.15, -0.1) is 0 Å². The number of likely N-dealkylation sites (tertiary alicyclic amines) is 1. The molecule has 1 aromatic heterocycles. The van der Waals surface area contributed by atoms with Gasteiger partial charge in [-0.3, -0.25) is 4.79 Å². The van der Waals surface area contributed by atoms with Gasteiger partial charge in [0.2, 0.25) is 0 Å². The number of sulfone groups is 1. The summed E-state index contributed by atoms with van der Waals surface area (Å²) in [6, 6.07) is 10.5. The highest BCUT2D eigenvalue weighted by Crippen LogP contribution is 2.35. The quantitative estimate of drug-likeness (QED) is 0.536. The zero-order chi connectivity index (χ0) is 22.2. The van der Waals surface area contributed by atoms with Crippen molar-refractivity contribution in [3.05, 3.63) is 53.8 Å². The Morgan fingerprint density at radius 2 is 1.81 bits per heavy atom. The summed E-state index contributed by atoms with van der Waals surface area (Å²) in [7, 11) is -3.34. The van der Waals surface area contributed by atoms with Gasteiger partial charge in [0.15, 0.2) is 15.6 Å². The molecule has 162 valence electrons. The second kappa shape index (κ2) is 8.07. The number of hydrogen-bond acceptors (Lipinski definition) is 7. The van der Waals surface area contributed by atoms with E-state index >= 15 is 0 Å². The average Bonchev–Trinajstić information content (AvgIpc) is 3.11. The predicted molar refractivity (Wildman–Crippen MR) is 112 cm³/mol. The summed E-state index contributed by atoms with van der Waals surface area (Å²) in [6.45, 7) is 3.27. The first-order valence-corrected chi connectivity index (χ1v) is 11.7. The summed E-state index contributed by atoms with van der Waals surface area (Å²) < 4.78 is 40.1. The maximum Gasteiger partial charge on any atom is 0.338 e. The Balaban J connectivity index is 1.74. The number of amides is 1. The summed E-state index contributed by atoms with van der Waals surface area (Å²) in [5, 5.41) is 0.518. The van der Waals surface area contributed by atoms with Gasteiger partial charge in [-0.1, -0.05) is 0 Å². The maximum atomic E-state index is 12.6. The summed E-state index contributed by atoms with van der Waals surface area (Å²) in [4.78, 5) is 26.7. The van der Waals surface area contributed by atoms with E-state index in [-0.39, 0.29) is 28.7 Å². The van der Waals surface area contributed by atoms with Crippen LogP contribution < -0.4 is 4.74 Å². The van der Waals surface area contributed by atoms with E-state index < -0.39 is 15.8 Å². The molecule has 0 saturated carbocycles. The highest BCUT2D eigenvalue weighted by atomic mass is 32.2. The summed E-state index contributed by atoms with van der Waals surface area (Å²) in [5.41, 5.74) is 0.534. The van der Waals surface area contributed by atoms with Crippen LogP contribution in [0.2, 0.25) is 0 Å². The minimum atomic E-state index is -3.34. The molecule has 1 amide bonds. The van der Waals surface area contributed by atoms with Crippen molar-refractivity contribution in [1.82, 2.24) is 4.90 Å². The molecular formula is C22H21NO7S. The monoisotopic (exact) mass is 443 g/mol. The predicted octanol–water partition coefficient (Wildman–Crippen LogP) is 3.65. The van der Waals surface area contributed by atoms with Gasteiger partial charge in [0.1, 0.15) is 17.1 Å². The third-order valence-electron chi connectivity index (χ3n) is 4.94. The second-order valence-corrected chi connectivity index (χ2v) is 9.22. The first-order chi connectivity index (χ1) is 14.8. The van der Waals surface area contributed by atoms with Crippen molar-refractivity contribution < 1.29 is 31.9 Å². The minimum Gasteiger partial charge on any atom is -0.462 e. The lowest BCUT2D eigenvalue weighted by atomic mass is 10.1. The summed E-state index contributed by atoms with van der Waals surface area (Å²) >= 11 is 0.